The van der Waals surface area contributed by atoms with Crippen LogP contribution in [0.4, 0.5) is 0 Å². The lowest BCUT2D eigenvalue weighted by Crippen LogP contribution is -2.52. The quantitative estimate of drug-likeness (QED) is 0.785. The molecular formula is C21H31N. The molecule has 1 aromatic carbocycles. The zero-order chi connectivity index (χ0) is 16.0. The van der Waals surface area contributed by atoms with Crippen LogP contribution < -0.4 is 5.73 Å². The Bertz CT molecular complexity index is 573. The Kier molecular flexibility index (Phi) is 3.97. The van der Waals surface area contributed by atoms with Crippen LogP contribution in [-0.4, -0.2) is 6.54 Å². The molecule has 0 radical (unpaired) electrons. The van der Waals surface area contributed by atoms with E-state index >= 15 is 0 Å². The summed E-state index contributed by atoms with van der Waals surface area (Å²) in [5.41, 5.74) is 11.2. The standard InChI is InChI=1S/C21H31N/c1-5-21-12-6-11-20(4,14-22)19(21)10-8-17-13-16(15(2)3)7-9-18(17)21/h5,7,9,13,15,19H,1,6,8,10-12,14,22H2,2-4H3/t19-,20-,21+/m0/s1. The summed E-state index contributed by atoms with van der Waals surface area (Å²) in [5, 5.41) is 0. The van der Waals surface area contributed by atoms with Gasteiger partial charge in [-0.05, 0) is 66.2 Å². The van der Waals surface area contributed by atoms with E-state index in [1.54, 1.807) is 11.1 Å². The number of rotatable bonds is 3. The van der Waals surface area contributed by atoms with Crippen LogP contribution in [0.25, 0.3) is 0 Å². The van der Waals surface area contributed by atoms with Crippen LogP contribution in [0.5, 0.6) is 0 Å². The SMILES string of the molecule is C=C[C@]12CCC[C@@](C)(CN)[C@@H]1CCc1cc(C(C)C)ccc12. The van der Waals surface area contributed by atoms with Crippen molar-refractivity contribution in [3.63, 3.8) is 0 Å². The molecule has 1 aromatic rings. The largest absolute Gasteiger partial charge is 0.330 e. The normalized spacial score (nSPS) is 34.1. The zero-order valence-corrected chi connectivity index (χ0v) is 14.5. The molecule has 0 aromatic heterocycles. The van der Waals surface area contributed by atoms with Crippen molar-refractivity contribution >= 4 is 0 Å². The van der Waals surface area contributed by atoms with Crippen molar-refractivity contribution in [2.45, 2.75) is 64.2 Å². The van der Waals surface area contributed by atoms with Gasteiger partial charge in [-0.1, -0.05) is 51.5 Å². The maximum Gasteiger partial charge on any atom is 0.0166 e. The average Bonchev–Trinajstić information content (AvgIpc) is 2.54. The molecule has 2 aliphatic carbocycles. The predicted octanol–water partition coefficient (Wildman–Crippen LogP) is 4.95. The molecule has 1 nitrogen and oxygen atoms in total. The van der Waals surface area contributed by atoms with E-state index < -0.39 is 0 Å². The van der Waals surface area contributed by atoms with Crippen LogP contribution in [0, 0.1) is 11.3 Å². The Balaban J connectivity index is 2.12. The molecule has 3 atom stereocenters. The Morgan fingerprint density at radius 3 is 2.77 bits per heavy atom. The number of hydrogen-bond donors (Lipinski definition) is 1. The molecule has 120 valence electrons. The highest BCUT2D eigenvalue weighted by Crippen LogP contribution is 2.57. The van der Waals surface area contributed by atoms with Crippen LogP contribution in [0.3, 0.4) is 0 Å². The Labute approximate surface area is 136 Å². The monoisotopic (exact) mass is 297 g/mol. The fourth-order valence-electron chi connectivity index (χ4n) is 5.22. The summed E-state index contributed by atoms with van der Waals surface area (Å²) in [4.78, 5) is 0. The van der Waals surface area contributed by atoms with E-state index in [1.807, 2.05) is 0 Å². The molecule has 0 spiro atoms. The van der Waals surface area contributed by atoms with Crippen molar-refractivity contribution in [3.8, 4) is 0 Å². The van der Waals surface area contributed by atoms with E-state index in [0.29, 0.717) is 11.8 Å². The summed E-state index contributed by atoms with van der Waals surface area (Å²) in [6.07, 6.45) is 8.49. The molecule has 0 bridgehead atoms. The number of nitrogens with two attached hydrogens (primary N) is 1. The third kappa shape index (κ3) is 2.17. The second-order valence-corrected chi connectivity index (χ2v) is 8.12. The third-order valence-electron chi connectivity index (χ3n) is 6.63. The van der Waals surface area contributed by atoms with E-state index in [2.05, 4.69) is 51.6 Å². The van der Waals surface area contributed by atoms with Gasteiger partial charge < -0.3 is 5.73 Å². The topological polar surface area (TPSA) is 26.0 Å². The maximum atomic E-state index is 6.21. The van der Waals surface area contributed by atoms with Gasteiger partial charge in [0.2, 0.25) is 0 Å². The number of fused-ring (bicyclic) bond motifs is 3. The molecule has 2 aliphatic rings. The van der Waals surface area contributed by atoms with Gasteiger partial charge in [0, 0.05) is 5.41 Å². The van der Waals surface area contributed by atoms with Crippen LogP contribution in [0.15, 0.2) is 30.9 Å². The molecule has 1 saturated carbocycles. The minimum absolute atomic E-state index is 0.148. The van der Waals surface area contributed by atoms with E-state index in [9.17, 15) is 0 Å². The third-order valence-corrected chi connectivity index (χ3v) is 6.63. The van der Waals surface area contributed by atoms with E-state index in [4.69, 9.17) is 5.73 Å². The highest BCUT2D eigenvalue weighted by atomic mass is 14.7. The Hall–Kier alpha value is -1.08. The minimum atomic E-state index is 0.148. The van der Waals surface area contributed by atoms with E-state index in [-0.39, 0.29) is 10.8 Å². The number of aryl methyl sites for hydroxylation is 1. The van der Waals surface area contributed by atoms with Gasteiger partial charge in [0.05, 0.1) is 0 Å². The highest BCUT2D eigenvalue weighted by Gasteiger charge is 2.52. The highest BCUT2D eigenvalue weighted by molar-refractivity contribution is 5.45. The van der Waals surface area contributed by atoms with Gasteiger partial charge in [-0.25, -0.2) is 0 Å². The molecule has 1 heteroatoms. The van der Waals surface area contributed by atoms with Gasteiger partial charge in [0.1, 0.15) is 0 Å². The molecule has 2 N–H and O–H groups in total. The Morgan fingerprint density at radius 1 is 1.36 bits per heavy atom. The van der Waals surface area contributed by atoms with E-state index in [0.717, 1.165) is 6.54 Å². The molecule has 3 rings (SSSR count). The summed E-state index contributed by atoms with van der Waals surface area (Å²) in [6, 6.07) is 7.20. The molecule has 0 unspecified atom stereocenters. The van der Waals surface area contributed by atoms with Crippen molar-refractivity contribution in [3.05, 3.63) is 47.5 Å². The summed E-state index contributed by atoms with van der Waals surface area (Å²) >= 11 is 0. The molecule has 0 saturated heterocycles. The second kappa shape index (κ2) is 5.53. The van der Waals surface area contributed by atoms with Gasteiger partial charge in [0.25, 0.3) is 0 Å². The lowest BCUT2D eigenvalue weighted by Gasteiger charge is -2.55. The average molecular weight is 297 g/mol. The Morgan fingerprint density at radius 2 is 2.14 bits per heavy atom. The summed E-state index contributed by atoms with van der Waals surface area (Å²) in [5.74, 6) is 1.25. The summed E-state index contributed by atoms with van der Waals surface area (Å²) in [6.45, 7) is 12.0. The fourth-order valence-corrected chi connectivity index (χ4v) is 5.22. The molecule has 22 heavy (non-hydrogen) atoms. The number of hydrogen-bond acceptors (Lipinski definition) is 1. The van der Waals surface area contributed by atoms with Crippen LogP contribution in [0.1, 0.15) is 69.1 Å². The van der Waals surface area contributed by atoms with Gasteiger partial charge in [0.15, 0.2) is 0 Å². The van der Waals surface area contributed by atoms with Gasteiger partial charge >= 0.3 is 0 Å². The lowest BCUT2D eigenvalue weighted by molar-refractivity contribution is 0.0485. The molecule has 0 heterocycles. The molecule has 0 aliphatic heterocycles. The minimum Gasteiger partial charge on any atom is -0.330 e. The first kappa shape index (κ1) is 15.8. The lowest BCUT2D eigenvalue weighted by atomic mass is 9.49. The fraction of sp³-hybridized carbons (Fsp3) is 0.619. The summed E-state index contributed by atoms with van der Waals surface area (Å²) in [7, 11) is 0. The first-order valence-electron chi connectivity index (χ1n) is 8.94. The summed E-state index contributed by atoms with van der Waals surface area (Å²) < 4.78 is 0. The van der Waals surface area contributed by atoms with Crippen LogP contribution >= 0.6 is 0 Å². The van der Waals surface area contributed by atoms with Crippen LogP contribution in [-0.2, 0) is 11.8 Å². The number of benzene rings is 1. The van der Waals surface area contributed by atoms with Crippen molar-refractivity contribution in [1.29, 1.82) is 0 Å². The van der Waals surface area contributed by atoms with Crippen molar-refractivity contribution in [2.75, 3.05) is 6.54 Å². The van der Waals surface area contributed by atoms with Crippen molar-refractivity contribution in [2.24, 2.45) is 17.1 Å². The number of allylic oxidation sites excluding steroid dienone is 1. The molecule has 0 amide bonds. The van der Waals surface area contributed by atoms with Gasteiger partial charge in [-0.3, -0.25) is 0 Å². The van der Waals surface area contributed by atoms with Gasteiger partial charge in [-0.2, -0.15) is 0 Å². The van der Waals surface area contributed by atoms with E-state index in [1.165, 1.54) is 37.7 Å². The molecular weight excluding hydrogens is 266 g/mol. The first-order valence-corrected chi connectivity index (χ1v) is 8.94. The van der Waals surface area contributed by atoms with Crippen molar-refractivity contribution in [1.82, 2.24) is 0 Å². The van der Waals surface area contributed by atoms with Crippen LogP contribution in [0.2, 0.25) is 0 Å². The molecule has 1 fully saturated rings. The van der Waals surface area contributed by atoms with Gasteiger partial charge in [-0.15, -0.1) is 6.58 Å². The maximum absolute atomic E-state index is 6.21. The second-order valence-electron chi connectivity index (χ2n) is 8.12. The van der Waals surface area contributed by atoms with Crippen molar-refractivity contribution < 1.29 is 0 Å². The smallest absolute Gasteiger partial charge is 0.0166 e. The zero-order valence-electron chi connectivity index (χ0n) is 14.5. The first-order chi connectivity index (χ1) is 10.5. The predicted molar refractivity (Wildman–Crippen MR) is 95.2 cm³/mol.